The van der Waals surface area contributed by atoms with Crippen LogP contribution in [0.1, 0.15) is 0 Å². The van der Waals surface area contributed by atoms with Gasteiger partial charge in [0.2, 0.25) is 10.0 Å². The Labute approximate surface area is 135 Å². The van der Waals surface area contributed by atoms with Crippen molar-refractivity contribution in [1.29, 1.82) is 0 Å². The van der Waals surface area contributed by atoms with Gasteiger partial charge in [-0.05, 0) is 12.1 Å². The Hall–Kier alpha value is -2.19. The number of hydrogen-bond donors (Lipinski definition) is 0. The first-order valence-corrected chi connectivity index (χ1v) is 8.69. The van der Waals surface area contributed by atoms with Crippen molar-refractivity contribution >= 4 is 15.7 Å². The van der Waals surface area contributed by atoms with Crippen molar-refractivity contribution in [3.63, 3.8) is 0 Å². The SMILES string of the molecule is COc1cncc(N2CCN(S(=O)(=O)c3cccnc3)CC2)c1. The van der Waals surface area contributed by atoms with E-state index in [1.165, 1.54) is 10.5 Å². The van der Waals surface area contributed by atoms with Gasteiger partial charge in [-0.3, -0.25) is 9.97 Å². The fourth-order valence-electron chi connectivity index (χ4n) is 2.53. The van der Waals surface area contributed by atoms with E-state index in [4.69, 9.17) is 4.74 Å². The Bertz CT molecular complexity index is 759. The summed E-state index contributed by atoms with van der Waals surface area (Å²) >= 11 is 0. The quantitative estimate of drug-likeness (QED) is 0.830. The molecule has 0 aromatic carbocycles. The van der Waals surface area contributed by atoms with E-state index in [1.54, 1.807) is 37.8 Å². The zero-order valence-corrected chi connectivity index (χ0v) is 13.6. The second kappa shape index (κ2) is 6.51. The minimum absolute atomic E-state index is 0.233. The number of anilines is 1. The summed E-state index contributed by atoms with van der Waals surface area (Å²) in [7, 11) is -1.88. The third-order valence-electron chi connectivity index (χ3n) is 3.81. The summed E-state index contributed by atoms with van der Waals surface area (Å²) in [5.74, 6) is 0.688. The number of pyridine rings is 2. The van der Waals surface area contributed by atoms with Crippen LogP contribution in [0, 0.1) is 0 Å². The lowest BCUT2D eigenvalue weighted by molar-refractivity contribution is 0.383. The van der Waals surface area contributed by atoms with Gasteiger partial charge >= 0.3 is 0 Å². The predicted molar refractivity (Wildman–Crippen MR) is 86.0 cm³/mol. The van der Waals surface area contributed by atoms with Crippen LogP contribution in [-0.4, -0.2) is 56.0 Å². The van der Waals surface area contributed by atoms with Crippen molar-refractivity contribution in [2.24, 2.45) is 0 Å². The summed E-state index contributed by atoms with van der Waals surface area (Å²) in [4.78, 5) is 10.4. The maximum absolute atomic E-state index is 12.6. The Morgan fingerprint density at radius 1 is 1.09 bits per heavy atom. The van der Waals surface area contributed by atoms with Crippen molar-refractivity contribution in [3.8, 4) is 5.75 Å². The van der Waals surface area contributed by atoms with E-state index >= 15 is 0 Å². The van der Waals surface area contributed by atoms with Gasteiger partial charge < -0.3 is 9.64 Å². The summed E-state index contributed by atoms with van der Waals surface area (Å²) in [6.07, 6.45) is 6.35. The number of sulfonamides is 1. The standard InChI is InChI=1S/C15H18N4O3S/c1-22-14-9-13(10-17-11-14)18-5-7-19(8-6-18)23(20,21)15-3-2-4-16-12-15/h2-4,9-12H,5-8H2,1H3. The monoisotopic (exact) mass is 334 g/mol. The molecule has 23 heavy (non-hydrogen) atoms. The lowest BCUT2D eigenvalue weighted by Crippen LogP contribution is -2.48. The van der Waals surface area contributed by atoms with Crippen LogP contribution in [-0.2, 0) is 10.0 Å². The van der Waals surface area contributed by atoms with Gasteiger partial charge in [0.1, 0.15) is 10.6 Å². The molecule has 0 bridgehead atoms. The zero-order valence-electron chi connectivity index (χ0n) is 12.8. The Morgan fingerprint density at radius 2 is 1.87 bits per heavy atom. The molecule has 0 aliphatic carbocycles. The van der Waals surface area contributed by atoms with Crippen LogP contribution in [0.15, 0.2) is 47.9 Å². The van der Waals surface area contributed by atoms with Crippen molar-refractivity contribution < 1.29 is 13.2 Å². The molecule has 7 nitrogen and oxygen atoms in total. The largest absolute Gasteiger partial charge is 0.495 e. The second-order valence-electron chi connectivity index (χ2n) is 5.16. The summed E-state index contributed by atoms with van der Waals surface area (Å²) in [5.41, 5.74) is 0.933. The molecule has 0 radical (unpaired) electrons. The van der Waals surface area contributed by atoms with Gasteiger partial charge in [0.15, 0.2) is 0 Å². The van der Waals surface area contributed by atoms with Crippen LogP contribution in [0.2, 0.25) is 0 Å². The molecule has 2 aromatic rings. The molecule has 0 atom stereocenters. The van der Waals surface area contributed by atoms with Gasteiger partial charge in [0.05, 0.1) is 25.2 Å². The van der Waals surface area contributed by atoms with Crippen molar-refractivity contribution in [3.05, 3.63) is 43.0 Å². The van der Waals surface area contributed by atoms with Crippen LogP contribution in [0.5, 0.6) is 5.75 Å². The summed E-state index contributed by atoms with van der Waals surface area (Å²) in [6.45, 7) is 2.06. The molecular weight excluding hydrogens is 316 g/mol. The first-order chi connectivity index (χ1) is 11.1. The van der Waals surface area contributed by atoms with Crippen molar-refractivity contribution in [2.75, 3.05) is 38.2 Å². The number of nitrogens with zero attached hydrogens (tertiary/aromatic N) is 4. The lowest BCUT2D eigenvalue weighted by Gasteiger charge is -2.35. The highest BCUT2D eigenvalue weighted by molar-refractivity contribution is 7.89. The highest BCUT2D eigenvalue weighted by Crippen LogP contribution is 2.22. The molecule has 8 heteroatoms. The lowest BCUT2D eigenvalue weighted by atomic mass is 10.3. The first kappa shape index (κ1) is 15.7. The number of aromatic nitrogens is 2. The molecule has 0 spiro atoms. The highest BCUT2D eigenvalue weighted by Gasteiger charge is 2.28. The number of ether oxygens (including phenoxy) is 1. The number of piperazine rings is 1. The smallest absolute Gasteiger partial charge is 0.244 e. The molecule has 0 N–H and O–H groups in total. The van der Waals surface area contributed by atoms with Gasteiger partial charge in [-0.2, -0.15) is 4.31 Å². The average molecular weight is 334 g/mol. The Morgan fingerprint density at radius 3 is 2.52 bits per heavy atom. The van der Waals surface area contributed by atoms with Crippen molar-refractivity contribution in [2.45, 2.75) is 4.90 Å². The van der Waals surface area contributed by atoms with E-state index < -0.39 is 10.0 Å². The van der Waals surface area contributed by atoms with E-state index in [9.17, 15) is 8.42 Å². The van der Waals surface area contributed by atoms with Crippen LogP contribution in [0.25, 0.3) is 0 Å². The number of methoxy groups -OCH3 is 1. The molecule has 0 unspecified atom stereocenters. The van der Waals surface area contributed by atoms with Crippen molar-refractivity contribution in [1.82, 2.24) is 14.3 Å². The predicted octanol–water partition coefficient (Wildman–Crippen LogP) is 0.996. The van der Waals surface area contributed by atoms with Gasteiger partial charge in [-0.1, -0.05) is 0 Å². The molecule has 3 rings (SSSR count). The third kappa shape index (κ3) is 3.27. The molecule has 1 fully saturated rings. The Kier molecular flexibility index (Phi) is 4.44. The number of rotatable bonds is 4. The van der Waals surface area contributed by atoms with E-state index in [0.717, 1.165) is 5.69 Å². The van der Waals surface area contributed by atoms with Gasteiger partial charge in [-0.25, -0.2) is 8.42 Å². The van der Waals surface area contributed by atoms with Gasteiger partial charge in [0.25, 0.3) is 0 Å². The Balaban J connectivity index is 1.71. The van der Waals surface area contributed by atoms with E-state index in [0.29, 0.717) is 31.9 Å². The molecule has 122 valence electrons. The zero-order chi connectivity index (χ0) is 16.3. The van der Waals surface area contributed by atoms with Crippen LogP contribution in [0.3, 0.4) is 0 Å². The van der Waals surface area contributed by atoms with E-state index in [2.05, 4.69) is 14.9 Å². The van der Waals surface area contributed by atoms with Crippen LogP contribution >= 0.6 is 0 Å². The maximum Gasteiger partial charge on any atom is 0.244 e. The fourth-order valence-corrected chi connectivity index (χ4v) is 3.91. The molecule has 1 aliphatic heterocycles. The average Bonchev–Trinajstić information content (AvgIpc) is 2.62. The minimum atomic E-state index is -3.48. The summed E-state index contributed by atoms with van der Waals surface area (Å²) in [6, 6.07) is 5.10. The van der Waals surface area contributed by atoms with E-state index in [-0.39, 0.29) is 4.90 Å². The fraction of sp³-hybridized carbons (Fsp3) is 0.333. The molecule has 2 aromatic heterocycles. The molecule has 1 aliphatic rings. The van der Waals surface area contributed by atoms with Crippen LogP contribution < -0.4 is 9.64 Å². The maximum atomic E-state index is 12.6. The minimum Gasteiger partial charge on any atom is -0.495 e. The molecule has 0 amide bonds. The molecule has 0 saturated carbocycles. The van der Waals surface area contributed by atoms with Crippen LogP contribution in [0.4, 0.5) is 5.69 Å². The third-order valence-corrected chi connectivity index (χ3v) is 5.69. The summed E-state index contributed by atoms with van der Waals surface area (Å²) < 4.78 is 31.8. The first-order valence-electron chi connectivity index (χ1n) is 7.25. The van der Waals surface area contributed by atoms with Gasteiger partial charge in [0, 0.05) is 44.6 Å². The normalized spacial score (nSPS) is 16.3. The number of hydrogen-bond acceptors (Lipinski definition) is 6. The van der Waals surface area contributed by atoms with Gasteiger partial charge in [-0.15, -0.1) is 0 Å². The summed E-state index contributed by atoms with van der Waals surface area (Å²) in [5, 5.41) is 0. The van der Waals surface area contributed by atoms with E-state index in [1.807, 2.05) is 6.07 Å². The molecule has 1 saturated heterocycles. The molecular formula is C15H18N4O3S. The topological polar surface area (TPSA) is 75.6 Å². The highest BCUT2D eigenvalue weighted by atomic mass is 32.2. The second-order valence-corrected chi connectivity index (χ2v) is 7.10. The molecule has 3 heterocycles.